The molecule has 4 nitrogen and oxygen atoms in total. The average Bonchev–Trinajstić information content (AvgIpc) is 2.04. The third-order valence-electron chi connectivity index (χ3n) is 2.26. The molecule has 0 aliphatic heterocycles. The molecule has 0 N–H and O–H groups in total. The van der Waals surface area contributed by atoms with Gasteiger partial charge in [0.15, 0.2) is 7.51 Å². The standard InChI is InChI=1S/C8H23N4P/c1-8-12(7)13(9-2,10(3)4)11(5)6/h8H2,1-7H3. The second-order valence-corrected chi connectivity index (χ2v) is 7.16. The van der Waals surface area contributed by atoms with Crippen molar-refractivity contribution in [3.63, 3.8) is 0 Å². The van der Waals surface area contributed by atoms with Crippen LogP contribution in [-0.2, 0) is 0 Å². The minimum atomic E-state index is -1.59. The molecule has 0 fully saturated rings. The molecule has 0 radical (unpaired) electrons. The molecule has 0 saturated carbocycles. The highest BCUT2D eigenvalue weighted by molar-refractivity contribution is 7.59. The van der Waals surface area contributed by atoms with Crippen LogP contribution in [0.4, 0.5) is 0 Å². The third-order valence-corrected chi connectivity index (χ3v) is 6.14. The van der Waals surface area contributed by atoms with E-state index >= 15 is 0 Å². The first-order valence-corrected chi connectivity index (χ1v) is 6.11. The number of rotatable bonds is 4. The summed E-state index contributed by atoms with van der Waals surface area (Å²) in [6.07, 6.45) is 0. The maximum absolute atomic E-state index is 4.58. The van der Waals surface area contributed by atoms with Crippen LogP contribution in [0.2, 0.25) is 0 Å². The lowest BCUT2D eigenvalue weighted by Gasteiger charge is -2.42. The van der Waals surface area contributed by atoms with E-state index in [0.29, 0.717) is 0 Å². The smallest absolute Gasteiger partial charge is 0.166 e. The van der Waals surface area contributed by atoms with E-state index in [1.807, 2.05) is 7.05 Å². The normalized spacial score (nSPS) is 13.1. The van der Waals surface area contributed by atoms with Crippen molar-refractivity contribution in [3.8, 4) is 0 Å². The van der Waals surface area contributed by atoms with Gasteiger partial charge in [-0.25, -0.2) is 4.67 Å². The van der Waals surface area contributed by atoms with Gasteiger partial charge in [-0.2, -0.15) is 0 Å². The van der Waals surface area contributed by atoms with Crippen LogP contribution in [0.25, 0.3) is 0 Å². The summed E-state index contributed by atoms with van der Waals surface area (Å²) in [5, 5.41) is 0. The molecule has 0 aromatic carbocycles. The Balaban J connectivity index is 5.14. The molecule has 0 aromatic rings. The van der Waals surface area contributed by atoms with Gasteiger partial charge in [-0.15, -0.1) is 0 Å². The van der Waals surface area contributed by atoms with Crippen LogP contribution in [-0.4, -0.2) is 62.8 Å². The Morgan fingerprint density at radius 1 is 1.00 bits per heavy atom. The Labute approximate surface area is 82.7 Å². The maximum atomic E-state index is 4.58. The highest BCUT2D eigenvalue weighted by Gasteiger charge is 2.28. The minimum absolute atomic E-state index is 1.02. The first-order valence-electron chi connectivity index (χ1n) is 4.51. The van der Waals surface area contributed by atoms with Crippen molar-refractivity contribution in [3.05, 3.63) is 0 Å². The fraction of sp³-hybridized carbons (Fsp3) is 1.00. The van der Waals surface area contributed by atoms with Crippen LogP contribution in [0.5, 0.6) is 0 Å². The van der Waals surface area contributed by atoms with Crippen LogP contribution in [0.1, 0.15) is 6.92 Å². The molecular formula is C8H23N4P. The van der Waals surface area contributed by atoms with Crippen molar-refractivity contribution in [1.29, 1.82) is 0 Å². The zero-order valence-electron chi connectivity index (χ0n) is 9.94. The monoisotopic (exact) mass is 206 g/mol. The summed E-state index contributed by atoms with van der Waals surface area (Å²) in [5.74, 6) is 0. The highest BCUT2D eigenvalue weighted by atomic mass is 31.2. The van der Waals surface area contributed by atoms with E-state index in [1.165, 1.54) is 0 Å². The summed E-state index contributed by atoms with van der Waals surface area (Å²) in [5.41, 5.74) is 0. The van der Waals surface area contributed by atoms with Crippen LogP contribution >= 0.6 is 7.51 Å². The largest absolute Gasteiger partial charge is 0.264 e. The maximum Gasteiger partial charge on any atom is 0.166 e. The minimum Gasteiger partial charge on any atom is -0.264 e. The first-order chi connectivity index (χ1) is 5.93. The van der Waals surface area contributed by atoms with E-state index in [1.54, 1.807) is 0 Å². The van der Waals surface area contributed by atoms with Crippen LogP contribution in [0, 0.1) is 0 Å². The van der Waals surface area contributed by atoms with Gasteiger partial charge in [0.2, 0.25) is 0 Å². The van der Waals surface area contributed by atoms with E-state index in [-0.39, 0.29) is 0 Å². The van der Waals surface area contributed by atoms with Gasteiger partial charge < -0.3 is 0 Å². The van der Waals surface area contributed by atoms with Gasteiger partial charge in [0.1, 0.15) is 0 Å². The van der Waals surface area contributed by atoms with E-state index in [9.17, 15) is 0 Å². The van der Waals surface area contributed by atoms with Crippen molar-refractivity contribution in [2.24, 2.45) is 4.74 Å². The molecule has 0 unspecified atom stereocenters. The summed E-state index contributed by atoms with van der Waals surface area (Å²) in [6, 6.07) is 0. The summed E-state index contributed by atoms with van der Waals surface area (Å²) in [4.78, 5) is 0. The van der Waals surface area contributed by atoms with Crippen molar-refractivity contribution < 1.29 is 0 Å². The van der Waals surface area contributed by atoms with Crippen LogP contribution < -0.4 is 0 Å². The Kier molecular flexibility index (Phi) is 5.15. The van der Waals surface area contributed by atoms with Gasteiger partial charge in [0.05, 0.1) is 0 Å². The van der Waals surface area contributed by atoms with Gasteiger partial charge in [-0.1, -0.05) is 6.92 Å². The van der Waals surface area contributed by atoms with Crippen molar-refractivity contribution in [2.75, 3.05) is 48.8 Å². The van der Waals surface area contributed by atoms with E-state index in [4.69, 9.17) is 0 Å². The Bertz CT molecular complexity index is 188. The van der Waals surface area contributed by atoms with Crippen molar-refractivity contribution >= 4 is 7.51 Å². The third kappa shape index (κ3) is 2.32. The topological polar surface area (TPSA) is 22.1 Å². The summed E-state index contributed by atoms with van der Waals surface area (Å²) < 4.78 is 11.3. The number of hydrogen-bond acceptors (Lipinski definition) is 1. The molecule has 0 bridgehead atoms. The number of hydrogen-bond donors (Lipinski definition) is 0. The molecule has 0 atom stereocenters. The van der Waals surface area contributed by atoms with Gasteiger partial charge >= 0.3 is 0 Å². The Hall–Kier alpha value is 0.110. The molecule has 0 amide bonds. The SMILES string of the molecule is CCN(C)P(=NC)(N(C)C)N(C)C. The van der Waals surface area contributed by atoms with Crippen LogP contribution in [0.15, 0.2) is 4.74 Å². The molecule has 0 aliphatic rings. The van der Waals surface area contributed by atoms with Gasteiger partial charge in [0, 0.05) is 13.6 Å². The zero-order chi connectivity index (χ0) is 10.6. The van der Waals surface area contributed by atoms with Crippen molar-refractivity contribution in [2.45, 2.75) is 6.92 Å². The second-order valence-electron chi connectivity index (χ2n) is 3.40. The van der Waals surface area contributed by atoms with Crippen LogP contribution in [0.3, 0.4) is 0 Å². The summed E-state index contributed by atoms with van der Waals surface area (Å²) in [7, 11) is 10.8. The fourth-order valence-corrected chi connectivity index (χ4v) is 5.01. The second kappa shape index (κ2) is 5.11. The molecule has 0 spiro atoms. The Morgan fingerprint density at radius 2 is 1.38 bits per heavy atom. The predicted molar refractivity (Wildman–Crippen MR) is 61.0 cm³/mol. The van der Waals surface area contributed by atoms with Crippen molar-refractivity contribution in [1.82, 2.24) is 14.0 Å². The van der Waals surface area contributed by atoms with E-state index in [2.05, 4.69) is 60.9 Å². The van der Waals surface area contributed by atoms with Gasteiger partial charge in [-0.3, -0.25) is 14.1 Å². The predicted octanol–water partition coefficient (Wildman–Crippen LogP) is 1.64. The van der Waals surface area contributed by atoms with E-state index in [0.717, 1.165) is 6.54 Å². The quantitative estimate of drug-likeness (QED) is 0.653. The molecule has 80 valence electrons. The molecule has 0 heterocycles. The summed E-state index contributed by atoms with van der Waals surface area (Å²) in [6.45, 7) is 3.18. The Morgan fingerprint density at radius 3 is 1.46 bits per heavy atom. The lowest BCUT2D eigenvalue weighted by atomic mass is 10.8. The average molecular weight is 206 g/mol. The molecule has 0 rings (SSSR count). The lowest BCUT2D eigenvalue weighted by molar-refractivity contribution is 0.443. The molecule has 5 heteroatoms. The first kappa shape index (κ1) is 13.1. The molecular weight excluding hydrogens is 183 g/mol. The summed E-state index contributed by atoms with van der Waals surface area (Å²) >= 11 is 0. The molecule has 0 saturated heterocycles. The molecule has 0 aliphatic carbocycles. The zero-order valence-corrected chi connectivity index (χ0v) is 10.8. The number of nitrogens with zero attached hydrogens (tertiary/aromatic N) is 4. The fourth-order valence-electron chi connectivity index (χ4n) is 1.67. The lowest BCUT2D eigenvalue weighted by Crippen LogP contribution is -2.32. The molecule has 0 aromatic heterocycles. The van der Waals surface area contributed by atoms with Gasteiger partial charge in [-0.05, 0) is 35.2 Å². The van der Waals surface area contributed by atoms with E-state index < -0.39 is 7.51 Å². The molecule has 13 heavy (non-hydrogen) atoms. The highest BCUT2D eigenvalue weighted by Crippen LogP contribution is 2.54. The van der Waals surface area contributed by atoms with Gasteiger partial charge in [0.25, 0.3) is 0 Å².